The Balaban J connectivity index is 1.75. The Bertz CT molecular complexity index is 724. The van der Waals surface area contributed by atoms with Crippen molar-refractivity contribution in [1.29, 1.82) is 0 Å². The maximum Gasteiger partial charge on any atom is 0.493 e. The second-order valence-electron chi connectivity index (χ2n) is 4.63. The van der Waals surface area contributed by atoms with Gasteiger partial charge in [-0.3, -0.25) is 5.32 Å². The van der Waals surface area contributed by atoms with E-state index >= 15 is 0 Å². The van der Waals surface area contributed by atoms with Crippen LogP contribution in [0, 0.1) is 0 Å². The van der Waals surface area contributed by atoms with Gasteiger partial charge < -0.3 is 14.4 Å². The Morgan fingerprint density at radius 2 is 1.95 bits per heavy atom. The van der Waals surface area contributed by atoms with Crippen LogP contribution in [0.15, 0.2) is 36.4 Å². The van der Waals surface area contributed by atoms with Crippen LogP contribution in [0.5, 0.6) is 5.75 Å². The minimum atomic E-state index is -1.09. The van der Waals surface area contributed by atoms with Crippen LogP contribution in [-0.4, -0.2) is 18.2 Å². The first-order valence-corrected chi connectivity index (χ1v) is 7.15. The van der Waals surface area contributed by atoms with Crippen molar-refractivity contribution in [2.75, 3.05) is 5.32 Å². The van der Waals surface area contributed by atoms with E-state index in [2.05, 4.69) is 5.32 Å². The van der Waals surface area contributed by atoms with Crippen LogP contribution in [0.4, 0.5) is 10.5 Å². The molecule has 0 atom stereocenters. The van der Waals surface area contributed by atoms with Crippen molar-refractivity contribution in [3.05, 3.63) is 52.0 Å². The predicted octanol–water partition coefficient (Wildman–Crippen LogP) is 2.82. The number of nitrogens with one attached hydrogen (secondary N) is 1. The van der Waals surface area contributed by atoms with Gasteiger partial charge in [0.1, 0.15) is 5.75 Å². The van der Waals surface area contributed by atoms with Crippen LogP contribution < -0.4 is 15.5 Å². The molecule has 1 aliphatic rings. The van der Waals surface area contributed by atoms with Gasteiger partial charge in [0.05, 0.1) is 17.3 Å². The number of anilines is 1. The van der Waals surface area contributed by atoms with Gasteiger partial charge >= 0.3 is 13.2 Å². The van der Waals surface area contributed by atoms with Gasteiger partial charge in [-0.2, -0.15) is 0 Å². The zero-order valence-electron chi connectivity index (χ0n) is 11.2. The number of rotatable bonds is 2. The van der Waals surface area contributed by atoms with Crippen molar-refractivity contribution in [3.8, 4) is 5.75 Å². The van der Waals surface area contributed by atoms with E-state index < -0.39 is 13.2 Å². The second-order valence-corrected chi connectivity index (χ2v) is 5.45. The standard InChI is InChI=1S/C14H10BCl2NO4/c16-9-2-4-10(5-3-9)22-14(19)18-11-6-1-8-7-21-15(20)12(8)13(11)17/h1-6,20H,7H2,(H,18,19). The third-order valence-electron chi connectivity index (χ3n) is 3.17. The number of halogens is 2. The van der Waals surface area contributed by atoms with E-state index in [1.54, 1.807) is 36.4 Å². The van der Waals surface area contributed by atoms with Crippen LogP contribution in [-0.2, 0) is 11.3 Å². The van der Waals surface area contributed by atoms with Gasteiger partial charge in [0.15, 0.2) is 0 Å². The number of hydrogen-bond acceptors (Lipinski definition) is 4. The quantitative estimate of drug-likeness (QED) is 0.827. The summed E-state index contributed by atoms with van der Waals surface area (Å²) in [5, 5.41) is 13.0. The highest BCUT2D eigenvalue weighted by atomic mass is 35.5. The summed E-state index contributed by atoms with van der Waals surface area (Å²) in [5.74, 6) is 0.350. The third-order valence-corrected chi connectivity index (χ3v) is 3.83. The van der Waals surface area contributed by atoms with E-state index in [9.17, 15) is 9.82 Å². The molecule has 22 heavy (non-hydrogen) atoms. The molecule has 0 radical (unpaired) electrons. The van der Waals surface area contributed by atoms with Crippen LogP contribution in [0.25, 0.3) is 0 Å². The first-order chi connectivity index (χ1) is 10.5. The molecule has 1 heterocycles. The van der Waals surface area contributed by atoms with E-state index in [0.717, 1.165) is 5.56 Å². The summed E-state index contributed by atoms with van der Waals surface area (Å²) >= 11 is 11.9. The SMILES string of the molecule is O=C(Nc1ccc2c(c1Cl)B(O)OC2)Oc1ccc(Cl)cc1. The Labute approximate surface area is 136 Å². The molecule has 1 amide bonds. The Hall–Kier alpha value is -1.73. The molecule has 0 aromatic heterocycles. The molecule has 0 bridgehead atoms. The number of benzene rings is 2. The fourth-order valence-corrected chi connectivity index (χ4v) is 2.57. The maximum atomic E-state index is 11.9. The fourth-order valence-electron chi connectivity index (χ4n) is 2.12. The van der Waals surface area contributed by atoms with E-state index in [-0.39, 0.29) is 11.6 Å². The molecule has 0 aliphatic carbocycles. The van der Waals surface area contributed by atoms with Crippen LogP contribution in [0.2, 0.25) is 10.0 Å². The van der Waals surface area contributed by atoms with E-state index in [4.69, 9.17) is 32.6 Å². The van der Waals surface area contributed by atoms with E-state index in [1.165, 1.54) is 0 Å². The minimum Gasteiger partial charge on any atom is -0.423 e. The topological polar surface area (TPSA) is 67.8 Å². The molecule has 2 N–H and O–H groups in total. The number of amides is 1. The molecule has 0 spiro atoms. The second kappa shape index (κ2) is 6.18. The molecule has 1 aliphatic heterocycles. The number of carbonyl (C=O) groups excluding carboxylic acids is 1. The lowest BCUT2D eigenvalue weighted by Gasteiger charge is -2.11. The van der Waals surface area contributed by atoms with E-state index in [0.29, 0.717) is 21.9 Å². The van der Waals surface area contributed by atoms with Gasteiger partial charge in [-0.15, -0.1) is 0 Å². The smallest absolute Gasteiger partial charge is 0.423 e. The highest BCUT2D eigenvalue weighted by Crippen LogP contribution is 2.25. The molecule has 0 saturated heterocycles. The summed E-state index contributed by atoms with van der Waals surface area (Å²) in [4.78, 5) is 11.9. The van der Waals surface area contributed by atoms with Crippen molar-refractivity contribution in [2.45, 2.75) is 6.61 Å². The van der Waals surface area contributed by atoms with Crippen LogP contribution in [0.1, 0.15) is 5.56 Å². The molecule has 3 rings (SSSR count). The van der Waals surface area contributed by atoms with Crippen LogP contribution in [0.3, 0.4) is 0 Å². The van der Waals surface area contributed by atoms with Crippen LogP contribution >= 0.6 is 23.2 Å². The molecule has 8 heteroatoms. The Kier molecular flexibility index (Phi) is 4.26. The predicted molar refractivity (Wildman–Crippen MR) is 84.9 cm³/mol. The monoisotopic (exact) mass is 337 g/mol. The summed E-state index contributed by atoms with van der Waals surface area (Å²) < 4.78 is 10.2. The van der Waals surface area contributed by atoms with Crippen molar-refractivity contribution in [2.24, 2.45) is 0 Å². The molecule has 0 fully saturated rings. The molecule has 5 nitrogen and oxygen atoms in total. The minimum absolute atomic E-state index is 0.232. The first kappa shape index (κ1) is 15.2. The summed E-state index contributed by atoms with van der Waals surface area (Å²) in [6.45, 7) is 0.283. The molecule has 2 aromatic rings. The van der Waals surface area contributed by atoms with E-state index in [1.807, 2.05) is 0 Å². The highest BCUT2D eigenvalue weighted by molar-refractivity contribution is 6.66. The Morgan fingerprint density at radius 3 is 2.68 bits per heavy atom. The van der Waals surface area contributed by atoms with Gasteiger partial charge in [0.25, 0.3) is 0 Å². The normalized spacial score (nSPS) is 13.0. The van der Waals surface area contributed by atoms with Gasteiger partial charge in [-0.25, -0.2) is 4.79 Å². The summed E-state index contributed by atoms with van der Waals surface area (Å²) in [5.41, 5.74) is 1.59. The fraction of sp³-hybridized carbons (Fsp3) is 0.0714. The molecule has 2 aromatic carbocycles. The maximum absolute atomic E-state index is 11.9. The largest absolute Gasteiger partial charge is 0.493 e. The van der Waals surface area contributed by atoms with Crippen molar-refractivity contribution in [1.82, 2.24) is 0 Å². The molecule has 0 unspecified atom stereocenters. The number of carbonyl (C=O) groups is 1. The van der Waals surface area contributed by atoms with Gasteiger partial charge in [-0.1, -0.05) is 29.3 Å². The molecular formula is C14H10BCl2NO4. The van der Waals surface area contributed by atoms with Crippen molar-refractivity contribution >= 4 is 47.6 Å². The Morgan fingerprint density at radius 1 is 1.23 bits per heavy atom. The average Bonchev–Trinajstić information content (AvgIpc) is 2.87. The number of hydrogen-bond donors (Lipinski definition) is 2. The molecular weight excluding hydrogens is 328 g/mol. The molecule has 0 saturated carbocycles. The third kappa shape index (κ3) is 3.05. The van der Waals surface area contributed by atoms with Gasteiger partial charge in [0, 0.05) is 10.5 Å². The lowest BCUT2D eigenvalue weighted by Crippen LogP contribution is -2.30. The number of ether oxygens (including phenoxy) is 1. The lowest BCUT2D eigenvalue weighted by molar-refractivity contribution is 0.215. The molecule has 112 valence electrons. The van der Waals surface area contributed by atoms with Gasteiger partial charge in [-0.05, 0) is 35.9 Å². The zero-order chi connectivity index (χ0) is 15.7. The van der Waals surface area contributed by atoms with Crippen molar-refractivity contribution in [3.63, 3.8) is 0 Å². The summed E-state index contributed by atoms with van der Waals surface area (Å²) in [6, 6.07) is 9.73. The first-order valence-electron chi connectivity index (χ1n) is 6.40. The average molecular weight is 338 g/mol. The number of fused-ring (bicyclic) bond motifs is 1. The highest BCUT2D eigenvalue weighted by Gasteiger charge is 2.31. The van der Waals surface area contributed by atoms with Crippen molar-refractivity contribution < 1.29 is 19.2 Å². The zero-order valence-corrected chi connectivity index (χ0v) is 12.7. The summed E-state index contributed by atoms with van der Waals surface area (Å²) in [7, 11) is -1.09. The lowest BCUT2D eigenvalue weighted by atomic mass is 9.79. The van der Waals surface area contributed by atoms with Gasteiger partial charge in [0.2, 0.25) is 0 Å². The summed E-state index contributed by atoms with van der Waals surface area (Å²) in [6.07, 6.45) is -0.697.